The molecule has 1 saturated carbocycles. The Morgan fingerprint density at radius 2 is 1.82 bits per heavy atom. The molecule has 1 N–H and O–H groups in total. The van der Waals surface area contributed by atoms with Crippen LogP contribution in [-0.4, -0.2) is 66.8 Å². The number of piperazine rings is 1. The van der Waals surface area contributed by atoms with Crippen molar-refractivity contribution in [1.29, 1.82) is 0 Å². The molecule has 1 aromatic rings. The maximum atomic E-state index is 14.1. The molecular formula is C19H23BrF3N3O2. The van der Waals surface area contributed by atoms with E-state index in [-0.39, 0.29) is 4.47 Å². The Balaban J connectivity index is 1.92. The molecule has 2 fully saturated rings. The Morgan fingerprint density at radius 3 is 2.32 bits per heavy atom. The number of nitrogens with zero attached hydrogens (tertiary/aromatic N) is 2. The van der Waals surface area contributed by atoms with E-state index < -0.39 is 35.0 Å². The van der Waals surface area contributed by atoms with Crippen LogP contribution >= 0.6 is 15.9 Å². The molecule has 28 heavy (non-hydrogen) atoms. The van der Waals surface area contributed by atoms with Gasteiger partial charge < -0.3 is 15.1 Å². The van der Waals surface area contributed by atoms with Crippen molar-refractivity contribution in [3.63, 3.8) is 0 Å². The van der Waals surface area contributed by atoms with E-state index in [0.717, 1.165) is 0 Å². The van der Waals surface area contributed by atoms with Crippen LogP contribution in [0.3, 0.4) is 0 Å². The largest absolute Gasteiger partial charge is 0.338 e. The number of hydrogen-bond acceptors (Lipinski definition) is 3. The second-order valence-electron chi connectivity index (χ2n) is 7.71. The quantitative estimate of drug-likeness (QED) is 0.732. The number of carbonyl (C=O) groups excluding carboxylic acids is 2. The second-order valence-corrected chi connectivity index (χ2v) is 8.56. The van der Waals surface area contributed by atoms with Gasteiger partial charge in [0.25, 0.3) is 5.91 Å². The highest BCUT2D eigenvalue weighted by Gasteiger charge is 2.56. The molecule has 3 rings (SSSR count). The minimum Gasteiger partial charge on any atom is -0.338 e. The second kappa shape index (κ2) is 7.67. The topological polar surface area (TPSA) is 52.6 Å². The monoisotopic (exact) mass is 461 g/mol. The maximum Gasteiger partial charge on any atom is 0.321 e. The van der Waals surface area contributed by atoms with Crippen LogP contribution in [0.4, 0.5) is 13.2 Å². The van der Waals surface area contributed by atoms with Crippen LogP contribution in [-0.2, 0) is 15.0 Å². The summed E-state index contributed by atoms with van der Waals surface area (Å²) < 4.78 is 41.5. The number of hydrogen-bond donors (Lipinski definition) is 1. The summed E-state index contributed by atoms with van der Waals surface area (Å²) in [6, 6.07) is 3.34. The number of alkyl halides is 2. The normalized spacial score (nSPS) is 20.6. The number of amides is 2. The molecular weight excluding hydrogens is 439 g/mol. The lowest BCUT2D eigenvalue weighted by molar-refractivity contribution is -0.148. The third kappa shape index (κ3) is 4.20. The van der Waals surface area contributed by atoms with E-state index in [1.54, 1.807) is 11.0 Å². The molecule has 0 bridgehead atoms. The van der Waals surface area contributed by atoms with Crippen molar-refractivity contribution >= 4 is 27.7 Å². The first-order valence-corrected chi connectivity index (χ1v) is 9.95. The van der Waals surface area contributed by atoms with Gasteiger partial charge in [-0.25, -0.2) is 4.39 Å². The molecule has 1 aromatic carbocycles. The molecule has 2 aliphatic rings. The van der Waals surface area contributed by atoms with E-state index in [9.17, 15) is 22.8 Å². The Kier molecular flexibility index (Phi) is 5.78. The van der Waals surface area contributed by atoms with E-state index in [4.69, 9.17) is 0 Å². The van der Waals surface area contributed by atoms with E-state index in [1.165, 1.54) is 12.1 Å². The van der Waals surface area contributed by atoms with Gasteiger partial charge in [-0.3, -0.25) is 9.59 Å². The third-order valence-corrected chi connectivity index (χ3v) is 6.21. The van der Waals surface area contributed by atoms with Gasteiger partial charge in [0.1, 0.15) is 11.9 Å². The lowest BCUT2D eigenvalue weighted by atomic mass is 9.86. The molecule has 2 amide bonds. The van der Waals surface area contributed by atoms with Gasteiger partial charge in [0, 0.05) is 38.5 Å². The summed E-state index contributed by atoms with van der Waals surface area (Å²) in [7, 11) is 1.94. The smallest absolute Gasteiger partial charge is 0.321 e. The summed E-state index contributed by atoms with van der Waals surface area (Å²) in [4.78, 5) is 28.9. The maximum absolute atomic E-state index is 14.1. The minimum atomic E-state index is -3.61. The number of carbonyl (C=O) groups is 2. The van der Waals surface area contributed by atoms with Gasteiger partial charge in [0.2, 0.25) is 5.91 Å². The zero-order chi connectivity index (χ0) is 20.7. The van der Waals surface area contributed by atoms with E-state index in [2.05, 4.69) is 26.1 Å². The van der Waals surface area contributed by atoms with Gasteiger partial charge in [-0.05, 0) is 53.5 Å². The summed E-state index contributed by atoms with van der Waals surface area (Å²) in [6.07, 6.45) is 1.02. The number of rotatable bonds is 5. The zero-order valence-electron chi connectivity index (χ0n) is 15.8. The van der Waals surface area contributed by atoms with E-state index >= 15 is 0 Å². The average Bonchev–Trinajstić information content (AvgIpc) is 3.42. The minimum absolute atomic E-state index is 0.276. The Labute approximate surface area is 170 Å². The first kappa shape index (κ1) is 21.1. The van der Waals surface area contributed by atoms with Gasteiger partial charge in [0.05, 0.1) is 4.47 Å². The van der Waals surface area contributed by atoms with Gasteiger partial charge in [0.15, 0.2) is 0 Å². The van der Waals surface area contributed by atoms with Crippen molar-refractivity contribution in [1.82, 2.24) is 15.1 Å². The summed E-state index contributed by atoms with van der Waals surface area (Å²) in [5.74, 6) is -6.00. The van der Waals surface area contributed by atoms with Crippen LogP contribution in [0.5, 0.6) is 0 Å². The molecule has 1 aliphatic heterocycles. The Morgan fingerprint density at radius 1 is 1.21 bits per heavy atom. The lowest BCUT2D eigenvalue weighted by Gasteiger charge is -2.37. The summed E-state index contributed by atoms with van der Waals surface area (Å²) in [6.45, 7) is 2.73. The van der Waals surface area contributed by atoms with Crippen LogP contribution in [0, 0.1) is 5.82 Å². The molecule has 1 saturated heterocycles. The van der Waals surface area contributed by atoms with Crippen LogP contribution in [0.2, 0.25) is 0 Å². The molecule has 154 valence electrons. The third-order valence-electron chi connectivity index (χ3n) is 5.57. The van der Waals surface area contributed by atoms with E-state index in [0.29, 0.717) is 51.5 Å². The highest BCUT2D eigenvalue weighted by Crippen LogP contribution is 2.52. The van der Waals surface area contributed by atoms with Gasteiger partial charge in [-0.15, -0.1) is 0 Å². The molecule has 0 spiro atoms. The average molecular weight is 462 g/mol. The van der Waals surface area contributed by atoms with Crippen LogP contribution in [0.25, 0.3) is 0 Å². The fourth-order valence-corrected chi connectivity index (χ4v) is 3.83. The van der Waals surface area contributed by atoms with Crippen molar-refractivity contribution in [2.24, 2.45) is 0 Å². The molecule has 0 radical (unpaired) electrons. The molecule has 9 heteroatoms. The molecule has 0 unspecified atom stereocenters. The van der Waals surface area contributed by atoms with Gasteiger partial charge in [-0.1, -0.05) is 6.07 Å². The highest BCUT2D eigenvalue weighted by atomic mass is 79.9. The fraction of sp³-hybridized carbons (Fsp3) is 0.579. The Hall–Kier alpha value is -1.61. The van der Waals surface area contributed by atoms with Crippen molar-refractivity contribution in [3.05, 3.63) is 34.1 Å². The van der Waals surface area contributed by atoms with Crippen LogP contribution in [0.1, 0.15) is 25.3 Å². The zero-order valence-corrected chi connectivity index (χ0v) is 17.4. The Bertz CT molecular complexity index is 772. The lowest BCUT2D eigenvalue weighted by Crippen LogP contribution is -2.59. The van der Waals surface area contributed by atoms with Crippen molar-refractivity contribution in [2.75, 3.05) is 33.2 Å². The standard InChI is InChI=1S/C19H23BrF3N3O2/c1-18(22,23)17(28)24-15(16(27)26-9-7-25(2)8-10-26)19(5-6-19)12-3-4-13(20)14(21)11-12/h3-4,11,15H,5-10H2,1-2H3,(H,24,28)/t15-/m0/s1. The summed E-state index contributed by atoms with van der Waals surface area (Å²) in [5.41, 5.74) is -0.344. The van der Waals surface area contributed by atoms with Gasteiger partial charge >= 0.3 is 5.92 Å². The summed E-state index contributed by atoms with van der Waals surface area (Å²) in [5, 5.41) is 2.27. The van der Waals surface area contributed by atoms with Crippen LogP contribution < -0.4 is 5.32 Å². The SMILES string of the molecule is CN1CCN(C(=O)[C@H](NC(=O)C(C)(F)F)C2(c3ccc(Br)c(F)c3)CC2)CC1. The first-order valence-electron chi connectivity index (χ1n) is 9.16. The van der Waals surface area contributed by atoms with Crippen molar-refractivity contribution in [2.45, 2.75) is 37.1 Å². The predicted molar refractivity (Wildman–Crippen MR) is 102 cm³/mol. The number of halogens is 4. The number of nitrogens with one attached hydrogen (secondary N) is 1. The molecule has 1 aliphatic carbocycles. The molecule has 5 nitrogen and oxygen atoms in total. The van der Waals surface area contributed by atoms with E-state index in [1.807, 2.05) is 7.05 Å². The van der Waals surface area contributed by atoms with Crippen molar-refractivity contribution in [3.8, 4) is 0 Å². The molecule has 1 heterocycles. The van der Waals surface area contributed by atoms with Crippen LogP contribution in [0.15, 0.2) is 22.7 Å². The number of benzene rings is 1. The molecule has 0 aromatic heterocycles. The fourth-order valence-electron chi connectivity index (χ4n) is 3.59. The first-order chi connectivity index (χ1) is 13.0. The molecule has 1 atom stereocenters. The van der Waals surface area contributed by atoms with Gasteiger partial charge in [-0.2, -0.15) is 8.78 Å². The predicted octanol–water partition coefficient (Wildman–Crippen LogP) is 2.53. The highest BCUT2D eigenvalue weighted by molar-refractivity contribution is 9.10. The van der Waals surface area contributed by atoms with Crippen molar-refractivity contribution < 1.29 is 22.8 Å². The summed E-state index contributed by atoms with van der Waals surface area (Å²) >= 11 is 3.09. The number of likely N-dealkylation sites (N-methyl/N-ethyl adjacent to an activating group) is 1.